The molecular formula is C63H111N3O11. The van der Waals surface area contributed by atoms with Crippen molar-refractivity contribution in [3.63, 3.8) is 0 Å². The number of alkyl carbamates (subject to hydrolysis) is 2. The third-order valence-electron chi connectivity index (χ3n) is 18.5. The summed E-state index contributed by atoms with van der Waals surface area (Å²) < 4.78 is 32.9. The first-order chi connectivity index (χ1) is 37.1. The maximum atomic E-state index is 12.9. The van der Waals surface area contributed by atoms with Gasteiger partial charge in [-0.05, 0) is 143 Å². The van der Waals surface area contributed by atoms with Gasteiger partial charge >= 0.3 is 30.3 Å². The molecule has 14 heteroatoms. The van der Waals surface area contributed by atoms with Gasteiger partial charge in [0, 0.05) is 38.9 Å². The Hall–Kier alpha value is -3.55. The number of carbonyl (C=O) groups excluding carboxylic acids is 5. The smallest absolute Gasteiger partial charge is 0.466 e. The summed E-state index contributed by atoms with van der Waals surface area (Å²) in [4.78, 5) is 64.8. The maximum Gasteiger partial charge on any atom is 0.508 e. The first kappa shape index (κ1) is 66.0. The number of rotatable bonds is 39. The molecule has 0 aromatic rings. The van der Waals surface area contributed by atoms with Crippen molar-refractivity contribution in [2.24, 2.45) is 52.3 Å². The van der Waals surface area contributed by atoms with Crippen molar-refractivity contribution in [3.8, 4) is 0 Å². The Morgan fingerprint density at radius 3 is 1.95 bits per heavy atom. The third-order valence-corrected chi connectivity index (χ3v) is 18.5. The monoisotopic (exact) mass is 1090 g/mol. The summed E-state index contributed by atoms with van der Waals surface area (Å²) in [5, 5.41) is 5.81. The number of ether oxygens (including phenoxy) is 6. The molecule has 4 aliphatic carbocycles. The first-order valence-electron chi connectivity index (χ1n) is 31.5. The van der Waals surface area contributed by atoms with E-state index in [4.69, 9.17) is 28.4 Å². The van der Waals surface area contributed by atoms with Gasteiger partial charge in [-0.1, -0.05) is 144 Å². The average Bonchev–Trinajstić information content (AvgIpc) is 3.94. The Bertz CT molecular complexity index is 1740. The summed E-state index contributed by atoms with van der Waals surface area (Å²) in [6, 6.07) is 0. The second-order valence-corrected chi connectivity index (χ2v) is 24.7. The van der Waals surface area contributed by atoms with E-state index in [0.717, 1.165) is 132 Å². The summed E-state index contributed by atoms with van der Waals surface area (Å²) in [5.41, 5.74) is 2.28. The summed E-state index contributed by atoms with van der Waals surface area (Å²) >= 11 is 0. The van der Waals surface area contributed by atoms with Crippen LogP contribution in [0.25, 0.3) is 0 Å². The molecule has 14 nitrogen and oxygen atoms in total. The zero-order valence-electron chi connectivity index (χ0n) is 50.0. The molecule has 0 saturated heterocycles. The van der Waals surface area contributed by atoms with Crippen LogP contribution in [0.15, 0.2) is 11.6 Å². The predicted molar refractivity (Wildman–Crippen MR) is 305 cm³/mol. The predicted octanol–water partition coefficient (Wildman–Crippen LogP) is 14.7. The molecule has 2 N–H and O–H groups in total. The van der Waals surface area contributed by atoms with Gasteiger partial charge in [0.15, 0.2) is 0 Å². The van der Waals surface area contributed by atoms with Crippen LogP contribution in [-0.2, 0) is 38.0 Å². The number of carbonyl (C=O) groups is 5. The molecule has 4 rings (SSSR count). The first-order valence-corrected chi connectivity index (χ1v) is 31.5. The van der Waals surface area contributed by atoms with Gasteiger partial charge in [0.1, 0.15) is 25.9 Å². The number of allylic oxidation sites excluding steroid dienone is 1. The number of amides is 2. The van der Waals surface area contributed by atoms with Crippen molar-refractivity contribution in [1.82, 2.24) is 15.5 Å². The van der Waals surface area contributed by atoms with E-state index in [1.807, 2.05) is 0 Å². The zero-order valence-corrected chi connectivity index (χ0v) is 50.0. The summed E-state index contributed by atoms with van der Waals surface area (Å²) in [6.07, 6.45) is 28.9. The fraction of sp³-hybridized carbons (Fsp3) is 0.889. The molecule has 0 aliphatic heterocycles. The topological polar surface area (TPSA) is 168 Å². The number of nitrogens with one attached hydrogen (secondary N) is 2. The highest BCUT2D eigenvalue weighted by Crippen LogP contribution is 2.67. The maximum absolute atomic E-state index is 12.9. The van der Waals surface area contributed by atoms with Crippen LogP contribution in [-0.4, -0.2) is 107 Å². The molecule has 77 heavy (non-hydrogen) atoms. The van der Waals surface area contributed by atoms with Gasteiger partial charge in [-0.2, -0.15) is 0 Å². The minimum Gasteiger partial charge on any atom is -0.466 e. The summed E-state index contributed by atoms with van der Waals surface area (Å²) in [6.45, 7) is 22.8. The van der Waals surface area contributed by atoms with Crippen LogP contribution in [0.2, 0.25) is 0 Å². The minimum absolute atomic E-state index is 0.0475. The van der Waals surface area contributed by atoms with Gasteiger partial charge in [-0.25, -0.2) is 14.4 Å². The highest BCUT2D eigenvalue weighted by Gasteiger charge is 2.59. The molecule has 0 aromatic carbocycles. The highest BCUT2D eigenvalue weighted by molar-refractivity contribution is 5.70. The van der Waals surface area contributed by atoms with Crippen molar-refractivity contribution in [1.29, 1.82) is 0 Å². The van der Waals surface area contributed by atoms with E-state index < -0.39 is 24.1 Å². The SMILES string of the molecule is CCCCCCCOC(=O)CCCCCC(=O)OCC(COC(=O)NCCCCCCCCNC(=O)O[C@H]1CC[C@@]2(C)C(=CC[C@H]3[C@@H]4CC[C@H]([C@H](C)CCCC(C)C)[C@@]4(C)CC[C@@H]32)C1)COC(=O)OCCCN(CC)CC. The zero-order chi connectivity index (χ0) is 55.9. The Morgan fingerprint density at radius 2 is 1.25 bits per heavy atom. The van der Waals surface area contributed by atoms with Crippen LogP contribution in [0.5, 0.6) is 0 Å². The standard InChI is InChI=1S/C63H111N3O11/c1-9-12-13-18-24-42-72-57(67)29-20-19-21-30-58(68)74-45-50(47-76-61(71)73-43-26-41-66(10-2)11-3)46-75-59(69)64-39-22-16-14-15-17-23-40-65-60(70)77-52-35-37-62(7)51(44-52)31-32-53-55-34-33-54(49(6)28-25-27-48(4)5)63(55,8)38-36-56(53)62/h31,48-50,52-56H,9-30,32-47H2,1-8H3,(H,64,69)(H,65,70)/t49-,50?,52+,53+,54-,55+,56+,62+,63-/m1/s1. The van der Waals surface area contributed by atoms with Gasteiger partial charge < -0.3 is 44.0 Å². The van der Waals surface area contributed by atoms with Crippen molar-refractivity contribution < 1.29 is 52.4 Å². The van der Waals surface area contributed by atoms with Gasteiger partial charge in [0.2, 0.25) is 0 Å². The van der Waals surface area contributed by atoms with Crippen LogP contribution >= 0.6 is 0 Å². The van der Waals surface area contributed by atoms with Crippen molar-refractivity contribution >= 4 is 30.3 Å². The molecular weight excluding hydrogens is 975 g/mol. The Balaban J connectivity index is 1.05. The van der Waals surface area contributed by atoms with E-state index in [2.05, 4.69) is 77.0 Å². The highest BCUT2D eigenvalue weighted by atomic mass is 16.7. The Kier molecular flexibility index (Phi) is 31.4. The van der Waals surface area contributed by atoms with Crippen LogP contribution in [0.3, 0.4) is 0 Å². The molecule has 0 spiro atoms. The number of esters is 2. The normalized spacial score (nSPS) is 24.4. The molecule has 3 fully saturated rings. The molecule has 0 radical (unpaired) electrons. The lowest BCUT2D eigenvalue weighted by atomic mass is 9.47. The van der Waals surface area contributed by atoms with Crippen molar-refractivity contribution in [2.45, 2.75) is 241 Å². The van der Waals surface area contributed by atoms with Gasteiger partial charge in [0.25, 0.3) is 0 Å². The van der Waals surface area contributed by atoms with E-state index in [1.165, 1.54) is 64.2 Å². The van der Waals surface area contributed by atoms with Gasteiger partial charge in [-0.3, -0.25) is 9.59 Å². The fourth-order valence-corrected chi connectivity index (χ4v) is 13.8. The van der Waals surface area contributed by atoms with Crippen LogP contribution < -0.4 is 10.6 Å². The van der Waals surface area contributed by atoms with Gasteiger partial charge in [0.05, 0.1) is 19.1 Å². The van der Waals surface area contributed by atoms with Crippen LogP contribution in [0, 0.1) is 52.3 Å². The molecule has 444 valence electrons. The second-order valence-electron chi connectivity index (χ2n) is 24.7. The molecule has 0 heterocycles. The minimum atomic E-state index is -0.823. The molecule has 2 amide bonds. The molecule has 4 aliphatic rings. The number of hydrogen-bond acceptors (Lipinski definition) is 12. The lowest BCUT2D eigenvalue weighted by molar-refractivity contribution is -0.146. The summed E-state index contributed by atoms with van der Waals surface area (Å²) in [5.74, 6) is 3.70. The lowest BCUT2D eigenvalue weighted by Crippen LogP contribution is -2.51. The number of hydrogen-bond donors (Lipinski definition) is 2. The molecule has 0 bridgehead atoms. The molecule has 0 aromatic heterocycles. The van der Waals surface area contributed by atoms with E-state index in [0.29, 0.717) is 57.2 Å². The second kappa shape index (κ2) is 36.7. The third kappa shape index (κ3) is 23.6. The molecule has 3 saturated carbocycles. The average molecular weight is 1090 g/mol. The quantitative estimate of drug-likeness (QED) is 0.0259. The van der Waals surface area contributed by atoms with Crippen LogP contribution in [0.1, 0.15) is 235 Å². The van der Waals surface area contributed by atoms with Gasteiger partial charge in [-0.15, -0.1) is 0 Å². The number of fused-ring (bicyclic) bond motifs is 5. The number of unbranched alkanes of at least 4 members (excludes halogenated alkanes) is 11. The fourth-order valence-electron chi connectivity index (χ4n) is 13.8. The molecule has 9 atom stereocenters. The van der Waals surface area contributed by atoms with E-state index in [-0.39, 0.29) is 56.4 Å². The summed E-state index contributed by atoms with van der Waals surface area (Å²) in [7, 11) is 0. The Morgan fingerprint density at radius 1 is 0.623 bits per heavy atom. The largest absolute Gasteiger partial charge is 0.508 e. The van der Waals surface area contributed by atoms with E-state index in [9.17, 15) is 24.0 Å². The van der Waals surface area contributed by atoms with Crippen molar-refractivity contribution in [3.05, 3.63) is 11.6 Å². The van der Waals surface area contributed by atoms with E-state index >= 15 is 0 Å². The Labute approximate surface area is 467 Å². The van der Waals surface area contributed by atoms with E-state index in [1.54, 1.807) is 5.57 Å². The van der Waals surface area contributed by atoms with Crippen LogP contribution in [0.4, 0.5) is 14.4 Å². The van der Waals surface area contributed by atoms with Crippen molar-refractivity contribution in [2.75, 3.05) is 65.8 Å². The lowest BCUT2D eigenvalue weighted by Gasteiger charge is -2.58. The molecule has 1 unspecified atom stereocenters. The number of nitrogens with zero attached hydrogens (tertiary/aromatic N) is 1.